The summed E-state index contributed by atoms with van der Waals surface area (Å²) in [7, 11) is 1.55. The van der Waals surface area contributed by atoms with E-state index in [1.807, 2.05) is 0 Å². The fourth-order valence-corrected chi connectivity index (χ4v) is 1.78. The Morgan fingerprint density at radius 2 is 2.26 bits per heavy atom. The molecule has 7 heteroatoms. The fourth-order valence-electron chi connectivity index (χ4n) is 1.78. The fraction of sp³-hybridized carbons (Fsp3) is 0.833. The molecule has 1 aliphatic rings. The Bertz CT molecular complexity index is 292. The molecule has 0 aromatic carbocycles. The zero-order valence-electron chi connectivity index (χ0n) is 11.5. The molecule has 0 aromatic rings. The molecule has 19 heavy (non-hydrogen) atoms. The summed E-state index contributed by atoms with van der Waals surface area (Å²) in [6, 6.07) is -0.403. The molecule has 0 aromatic heterocycles. The lowest BCUT2D eigenvalue weighted by molar-refractivity contribution is -0.151. The van der Waals surface area contributed by atoms with Crippen LogP contribution in [-0.4, -0.2) is 76.0 Å². The van der Waals surface area contributed by atoms with Gasteiger partial charge >= 0.3 is 5.97 Å². The van der Waals surface area contributed by atoms with E-state index < -0.39 is 12.0 Å². The van der Waals surface area contributed by atoms with E-state index in [4.69, 9.17) is 14.2 Å². The van der Waals surface area contributed by atoms with Crippen molar-refractivity contribution in [3.05, 3.63) is 0 Å². The second-order valence-electron chi connectivity index (χ2n) is 4.14. The van der Waals surface area contributed by atoms with E-state index in [9.17, 15) is 9.59 Å². The molecule has 1 unspecified atom stereocenters. The molecule has 0 radical (unpaired) electrons. The lowest BCUT2D eigenvalue weighted by Gasteiger charge is -2.29. The predicted molar refractivity (Wildman–Crippen MR) is 67.7 cm³/mol. The molecule has 1 atom stereocenters. The van der Waals surface area contributed by atoms with Crippen LogP contribution in [0.1, 0.15) is 6.92 Å². The molecule has 1 rings (SSSR count). The summed E-state index contributed by atoms with van der Waals surface area (Å²) in [6.07, 6.45) is 0. The number of nitrogens with one attached hydrogen (secondary N) is 1. The zero-order valence-corrected chi connectivity index (χ0v) is 11.5. The second-order valence-corrected chi connectivity index (χ2v) is 4.14. The Morgan fingerprint density at radius 1 is 1.47 bits per heavy atom. The molecule has 1 amide bonds. The normalized spacial score (nSPS) is 18.9. The molecule has 0 spiro atoms. The largest absolute Gasteiger partial charge is 0.465 e. The summed E-state index contributed by atoms with van der Waals surface area (Å²) < 4.78 is 15.1. The van der Waals surface area contributed by atoms with Crippen molar-refractivity contribution in [2.45, 2.75) is 13.0 Å². The van der Waals surface area contributed by atoms with Crippen LogP contribution < -0.4 is 5.32 Å². The average molecular weight is 274 g/mol. The van der Waals surface area contributed by atoms with E-state index in [-0.39, 0.29) is 12.5 Å². The summed E-state index contributed by atoms with van der Waals surface area (Å²) >= 11 is 0. The standard InChI is InChI=1S/C12H22N2O5/c1-3-19-11(15)8-14(5-7-17-2)12(16)10-9-18-6-4-13-10/h10,13H,3-9H2,1-2H3. The molecule has 0 bridgehead atoms. The summed E-state index contributed by atoms with van der Waals surface area (Å²) in [5.41, 5.74) is 0. The van der Waals surface area contributed by atoms with Crippen molar-refractivity contribution >= 4 is 11.9 Å². The van der Waals surface area contributed by atoms with Crippen LogP contribution in [0.3, 0.4) is 0 Å². The molecular formula is C12H22N2O5. The van der Waals surface area contributed by atoms with Crippen LogP contribution in [-0.2, 0) is 23.8 Å². The molecule has 0 saturated carbocycles. The monoisotopic (exact) mass is 274 g/mol. The molecule has 1 N–H and O–H groups in total. The highest BCUT2D eigenvalue weighted by Crippen LogP contribution is 2.01. The maximum atomic E-state index is 12.3. The lowest BCUT2D eigenvalue weighted by atomic mass is 10.2. The molecule has 110 valence electrons. The molecule has 1 fully saturated rings. The third-order valence-electron chi connectivity index (χ3n) is 2.72. The molecule has 1 heterocycles. The first-order valence-electron chi connectivity index (χ1n) is 6.43. The van der Waals surface area contributed by atoms with E-state index in [2.05, 4.69) is 5.32 Å². The first-order valence-corrected chi connectivity index (χ1v) is 6.43. The van der Waals surface area contributed by atoms with Gasteiger partial charge in [0.1, 0.15) is 12.6 Å². The number of ether oxygens (including phenoxy) is 3. The number of carbonyl (C=O) groups excluding carboxylic acids is 2. The lowest BCUT2D eigenvalue weighted by Crippen LogP contribution is -2.54. The highest BCUT2D eigenvalue weighted by atomic mass is 16.5. The maximum Gasteiger partial charge on any atom is 0.325 e. The first kappa shape index (κ1) is 15.9. The molecule has 0 aliphatic carbocycles. The average Bonchev–Trinajstić information content (AvgIpc) is 2.44. The minimum Gasteiger partial charge on any atom is -0.465 e. The van der Waals surface area contributed by atoms with Crippen molar-refractivity contribution in [2.24, 2.45) is 0 Å². The van der Waals surface area contributed by atoms with Gasteiger partial charge in [-0.2, -0.15) is 0 Å². The number of rotatable bonds is 7. The third kappa shape index (κ3) is 5.54. The highest BCUT2D eigenvalue weighted by Gasteiger charge is 2.27. The third-order valence-corrected chi connectivity index (χ3v) is 2.72. The Morgan fingerprint density at radius 3 is 2.84 bits per heavy atom. The molecule has 1 saturated heterocycles. The predicted octanol–water partition coefficient (Wildman–Crippen LogP) is -0.987. The van der Waals surface area contributed by atoms with Crippen LogP contribution >= 0.6 is 0 Å². The highest BCUT2D eigenvalue weighted by molar-refractivity contribution is 5.86. The van der Waals surface area contributed by atoms with Crippen LogP contribution in [0.4, 0.5) is 0 Å². The zero-order chi connectivity index (χ0) is 14.1. The van der Waals surface area contributed by atoms with Crippen LogP contribution in [0.2, 0.25) is 0 Å². The van der Waals surface area contributed by atoms with Crippen LogP contribution in [0.25, 0.3) is 0 Å². The van der Waals surface area contributed by atoms with Gasteiger partial charge < -0.3 is 24.4 Å². The van der Waals surface area contributed by atoms with Gasteiger partial charge in [0, 0.05) is 20.2 Å². The van der Waals surface area contributed by atoms with Crippen LogP contribution in [0.5, 0.6) is 0 Å². The van der Waals surface area contributed by atoms with Gasteiger partial charge in [0.25, 0.3) is 0 Å². The molecule has 7 nitrogen and oxygen atoms in total. The second kappa shape index (κ2) is 8.84. The van der Waals surface area contributed by atoms with Gasteiger partial charge in [0.15, 0.2) is 0 Å². The van der Waals surface area contributed by atoms with Crippen LogP contribution in [0, 0.1) is 0 Å². The first-order chi connectivity index (χ1) is 9.19. The van der Waals surface area contributed by atoms with Crippen molar-refractivity contribution in [3.8, 4) is 0 Å². The summed E-state index contributed by atoms with van der Waals surface area (Å²) in [6.45, 7) is 4.25. The van der Waals surface area contributed by atoms with Gasteiger partial charge in [0.2, 0.25) is 5.91 Å². The number of esters is 1. The van der Waals surface area contributed by atoms with Gasteiger partial charge in [-0.1, -0.05) is 0 Å². The number of nitrogens with zero attached hydrogens (tertiary/aromatic N) is 1. The Kier molecular flexibility index (Phi) is 7.39. The van der Waals surface area contributed by atoms with E-state index in [0.717, 1.165) is 0 Å². The van der Waals surface area contributed by atoms with E-state index in [0.29, 0.717) is 39.5 Å². The van der Waals surface area contributed by atoms with E-state index in [1.165, 1.54) is 4.90 Å². The van der Waals surface area contributed by atoms with Crippen molar-refractivity contribution < 1.29 is 23.8 Å². The summed E-state index contributed by atoms with van der Waals surface area (Å²) in [5.74, 6) is -0.575. The van der Waals surface area contributed by atoms with E-state index in [1.54, 1.807) is 14.0 Å². The Labute approximate surface area is 113 Å². The minimum atomic E-state index is -0.413. The van der Waals surface area contributed by atoms with Gasteiger partial charge in [-0.15, -0.1) is 0 Å². The molecular weight excluding hydrogens is 252 g/mol. The van der Waals surface area contributed by atoms with Gasteiger partial charge in [-0.3, -0.25) is 9.59 Å². The number of hydrogen-bond acceptors (Lipinski definition) is 6. The van der Waals surface area contributed by atoms with Gasteiger partial charge in [-0.05, 0) is 6.92 Å². The summed E-state index contributed by atoms with van der Waals surface area (Å²) in [4.78, 5) is 25.2. The maximum absolute atomic E-state index is 12.3. The van der Waals surface area contributed by atoms with Gasteiger partial charge in [0.05, 0.1) is 26.4 Å². The summed E-state index contributed by atoms with van der Waals surface area (Å²) in [5, 5.41) is 3.07. The van der Waals surface area contributed by atoms with Crippen molar-refractivity contribution in [1.29, 1.82) is 0 Å². The smallest absolute Gasteiger partial charge is 0.325 e. The Balaban J connectivity index is 2.55. The SMILES string of the molecule is CCOC(=O)CN(CCOC)C(=O)C1COCCN1. The quantitative estimate of drug-likeness (QED) is 0.601. The molecule has 1 aliphatic heterocycles. The minimum absolute atomic E-state index is 0.0613. The number of hydrogen-bond donors (Lipinski definition) is 1. The van der Waals surface area contributed by atoms with Crippen LogP contribution in [0.15, 0.2) is 0 Å². The number of amides is 1. The van der Waals surface area contributed by atoms with Gasteiger partial charge in [-0.25, -0.2) is 0 Å². The topological polar surface area (TPSA) is 77.1 Å². The number of methoxy groups -OCH3 is 1. The number of morpholine rings is 1. The van der Waals surface area contributed by atoms with E-state index >= 15 is 0 Å². The number of carbonyl (C=O) groups is 2. The van der Waals surface area contributed by atoms with Crippen molar-refractivity contribution in [3.63, 3.8) is 0 Å². The Hall–Kier alpha value is -1.18. The van der Waals surface area contributed by atoms with Crippen molar-refractivity contribution in [2.75, 3.05) is 53.2 Å². The van der Waals surface area contributed by atoms with Crippen molar-refractivity contribution in [1.82, 2.24) is 10.2 Å².